The quantitative estimate of drug-likeness (QED) is 0.464. The summed E-state index contributed by atoms with van der Waals surface area (Å²) >= 11 is 0. The molecule has 2 heterocycles. The Bertz CT molecular complexity index is 1150. The van der Waals surface area contributed by atoms with Gasteiger partial charge in [-0.15, -0.1) is 5.10 Å². The van der Waals surface area contributed by atoms with Crippen LogP contribution in [0.3, 0.4) is 0 Å². The van der Waals surface area contributed by atoms with Crippen LogP contribution in [0.4, 0.5) is 23.5 Å². The van der Waals surface area contributed by atoms with Crippen LogP contribution in [0.1, 0.15) is 11.1 Å². The Morgan fingerprint density at radius 2 is 1.89 bits per heavy atom. The molecule has 2 aromatic heterocycles. The van der Waals surface area contributed by atoms with Gasteiger partial charge in [0.1, 0.15) is 5.82 Å². The second-order valence-corrected chi connectivity index (χ2v) is 5.88. The highest BCUT2D eigenvalue weighted by Gasteiger charge is 2.34. The third-order valence-electron chi connectivity index (χ3n) is 4.22. The average molecular weight is 377 g/mol. The molecule has 4 rings (SSSR count). The van der Waals surface area contributed by atoms with E-state index in [4.69, 9.17) is 5.73 Å². The van der Waals surface area contributed by atoms with Crippen molar-refractivity contribution in [2.75, 3.05) is 5.73 Å². The molecule has 2 aromatic carbocycles. The summed E-state index contributed by atoms with van der Waals surface area (Å²) in [5.41, 5.74) is 6.06. The number of hydrogen-bond donors (Lipinski definition) is 3. The molecule has 0 saturated heterocycles. The summed E-state index contributed by atoms with van der Waals surface area (Å²) < 4.78 is 54.2. The highest BCUT2D eigenvalue weighted by Crippen LogP contribution is 2.42. The number of nitrogens with two attached hydrogens (primary N) is 1. The predicted octanol–water partition coefficient (Wildman–Crippen LogP) is 3.46. The van der Waals surface area contributed by atoms with Crippen LogP contribution in [-0.4, -0.2) is 30.6 Å². The van der Waals surface area contributed by atoms with Gasteiger partial charge in [-0.1, -0.05) is 6.07 Å². The Hall–Kier alpha value is -3.50. The molecule has 0 unspecified atom stereocenters. The smallest absolute Gasteiger partial charge is 0.369 e. The molecule has 0 radical (unpaired) electrons. The Kier molecular flexibility index (Phi) is 3.61. The number of nitrogens with zero attached hydrogens (tertiary/aromatic N) is 4. The first-order chi connectivity index (χ1) is 12.8. The summed E-state index contributed by atoms with van der Waals surface area (Å²) in [5, 5.41) is 13.1. The van der Waals surface area contributed by atoms with Crippen LogP contribution in [0, 0.1) is 12.7 Å². The molecule has 0 saturated carbocycles. The lowest BCUT2D eigenvalue weighted by molar-refractivity contribution is -0.138. The van der Waals surface area contributed by atoms with Gasteiger partial charge in [0.25, 0.3) is 0 Å². The third kappa shape index (κ3) is 2.76. The van der Waals surface area contributed by atoms with E-state index in [2.05, 4.69) is 30.6 Å². The van der Waals surface area contributed by atoms with Crippen molar-refractivity contribution in [2.45, 2.75) is 13.1 Å². The number of aromatic nitrogens is 6. The Balaban J connectivity index is 2.09. The fourth-order valence-corrected chi connectivity index (χ4v) is 3.12. The number of tetrazole rings is 1. The maximum Gasteiger partial charge on any atom is 0.416 e. The van der Waals surface area contributed by atoms with Crippen LogP contribution in [0.5, 0.6) is 0 Å². The van der Waals surface area contributed by atoms with Crippen molar-refractivity contribution < 1.29 is 17.6 Å². The van der Waals surface area contributed by atoms with Gasteiger partial charge in [-0.25, -0.2) is 14.5 Å². The summed E-state index contributed by atoms with van der Waals surface area (Å²) in [7, 11) is 0. The van der Waals surface area contributed by atoms with Crippen molar-refractivity contribution in [3.63, 3.8) is 0 Å². The minimum atomic E-state index is -4.57. The summed E-state index contributed by atoms with van der Waals surface area (Å²) in [4.78, 5) is 6.79. The number of benzene rings is 2. The molecule has 7 nitrogen and oxygen atoms in total. The number of H-pyrrole nitrogens is 2. The molecule has 27 heavy (non-hydrogen) atoms. The van der Waals surface area contributed by atoms with E-state index in [1.165, 1.54) is 25.1 Å². The summed E-state index contributed by atoms with van der Waals surface area (Å²) in [6.45, 7) is 1.31. The molecule has 11 heteroatoms. The number of hydrogen-bond acceptors (Lipinski definition) is 5. The molecule has 4 N–H and O–H groups in total. The minimum Gasteiger partial charge on any atom is -0.369 e. The highest BCUT2D eigenvalue weighted by atomic mass is 19.4. The molecule has 4 aromatic rings. The first-order valence-corrected chi connectivity index (χ1v) is 7.65. The van der Waals surface area contributed by atoms with Crippen molar-refractivity contribution in [3.8, 4) is 22.5 Å². The lowest BCUT2D eigenvalue weighted by Crippen LogP contribution is -2.09. The van der Waals surface area contributed by atoms with Crippen LogP contribution >= 0.6 is 0 Å². The zero-order valence-corrected chi connectivity index (χ0v) is 13.7. The molecule has 0 aliphatic heterocycles. The molecular weight excluding hydrogens is 366 g/mol. The predicted molar refractivity (Wildman–Crippen MR) is 88.8 cm³/mol. The van der Waals surface area contributed by atoms with Crippen LogP contribution < -0.4 is 5.73 Å². The van der Waals surface area contributed by atoms with Crippen LogP contribution in [0.25, 0.3) is 33.5 Å². The summed E-state index contributed by atoms with van der Waals surface area (Å²) in [6.07, 6.45) is -4.57. The van der Waals surface area contributed by atoms with Crippen LogP contribution in [0.2, 0.25) is 0 Å². The Labute approximate surface area is 148 Å². The van der Waals surface area contributed by atoms with Crippen molar-refractivity contribution in [3.05, 3.63) is 41.2 Å². The highest BCUT2D eigenvalue weighted by molar-refractivity contribution is 5.98. The second kappa shape index (κ2) is 5.76. The largest absolute Gasteiger partial charge is 0.416 e. The molecule has 0 aliphatic carbocycles. The van der Waals surface area contributed by atoms with Gasteiger partial charge in [0, 0.05) is 17.2 Å². The summed E-state index contributed by atoms with van der Waals surface area (Å²) in [6, 6.07) is 4.56. The van der Waals surface area contributed by atoms with E-state index in [0.717, 1.165) is 6.07 Å². The van der Waals surface area contributed by atoms with Gasteiger partial charge in [0.2, 0.25) is 0 Å². The zero-order valence-electron chi connectivity index (χ0n) is 13.7. The molecule has 0 fully saturated rings. The van der Waals surface area contributed by atoms with Gasteiger partial charge in [-0.3, -0.25) is 0 Å². The minimum absolute atomic E-state index is 0.0264. The number of nitrogen functional groups attached to an aromatic ring is 1. The van der Waals surface area contributed by atoms with Gasteiger partial charge in [-0.2, -0.15) is 13.2 Å². The third-order valence-corrected chi connectivity index (χ3v) is 4.22. The first kappa shape index (κ1) is 16.9. The van der Waals surface area contributed by atoms with Gasteiger partial charge < -0.3 is 10.7 Å². The Morgan fingerprint density at radius 3 is 2.56 bits per heavy atom. The molecule has 0 bridgehead atoms. The monoisotopic (exact) mass is 377 g/mol. The number of fused-ring (bicyclic) bond motifs is 1. The number of imidazole rings is 1. The van der Waals surface area contributed by atoms with Crippen molar-refractivity contribution in [1.82, 2.24) is 30.6 Å². The summed E-state index contributed by atoms with van der Waals surface area (Å²) in [5.74, 6) is -0.523. The SMILES string of the molecule is Cc1c(C(F)(F)F)ccc(-c2cc(F)cc3nc(N)[nH]c23)c1-c1nnn[nH]1. The van der Waals surface area contributed by atoms with Crippen molar-refractivity contribution in [2.24, 2.45) is 0 Å². The van der Waals surface area contributed by atoms with E-state index in [-0.39, 0.29) is 34.0 Å². The van der Waals surface area contributed by atoms with E-state index in [0.29, 0.717) is 11.1 Å². The van der Waals surface area contributed by atoms with Crippen LogP contribution in [0.15, 0.2) is 24.3 Å². The fraction of sp³-hybridized carbons (Fsp3) is 0.125. The normalized spacial score (nSPS) is 12.0. The van der Waals surface area contributed by atoms with E-state index >= 15 is 0 Å². The van der Waals surface area contributed by atoms with Crippen LogP contribution in [-0.2, 0) is 6.18 Å². The maximum absolute atomic E-state index is 14.1. The topological polar surface area (TPSA) is 109 Å². The van der Waals surface area contributed by atoms with Gasteiger partial charge >= 0.3 is 6.18 Å². The van der Waals surface area contributed by atoms with E-state index < -0.39 is 17.6 Å². The number of alkyl halides is 3. The molecular formula is C16H11F4N7. The molecule has 0 aliphatic rings. The lowest BCUT2D eigenvalue weighted by atomic mass is 9.91. The number of halogens is 4. The molecule has 0 spiro atoms. The molecule has 138 valence electrons. The molecule has 0 atom stereocenters. The Morgan fingerprint density at radius 1 is 1.11 bits per heavy atom. The molecule has 0 amide bonds. The van der Waals surface area contributed by atoms with Crippen molar-refractivity contribution in [1.29, 1.82) is 0 Å². The van der Waals surface area contributed by atoms with Gasteiger partial charge in [0.05, 0.1) is 16.6 Å². The second-order valence-electron chi connectivity index (χ2n) is 5.88. The van der Waals surface area contributed by atoms with Gasteiger partial charge in [0.15, 0.2) is 11.8 Å². The lowest BCUT2D eigenvalue weighted by Gasteiger charge is -2.17. The number of nitrogens with one attached hydrogen (secondary N) is 2. The first-order valence-electron chi connectivity index (χ1n) is 7.65. The number of rotatable bonds is 2. The average Bonchev–Trinajstić information content (AvgIpc) is 3.21. The van der Waals surface area contributed by atoms with E-state index in [1.54, 1.807) is 0 Å². The van der Waals surface area contributed by atoms with Crippen molar-refractivity contribution >= 4 is 17.0 Å². The number of anilines is 1. The zero-order chi connectivity index (χ0) is 19.3. The fourth-order valence-electron chi connectivity index (χ4n) is 3.12. The maximum atomic E-state index is 14.1. The standard InChI is InChI=1S/C16H11F4N7/c1-6-10(16(18,19)20)3-2-8(12(6)14-24-26-27-25-14)9-4-7(17)5-11-13(9)23-15(21)22-11/h2-5H,1H3,(H3,21,22,23)(H,24,25,26,27). The number of aromatic amines is 2. The van der Waals surface area contributed by atoms with E-state index in [9.17, 15) is 17.6 Å². The van der Waals surface area contributed by atoms with E-state index in [1.807, 2.05) is 0 Å². The van der Waals surface area contributed by atoms with Gasteiger partial charge in [-0.05, 0) is 40.6 Å².